The van der Waals surface area contributed by atoms with E-state index in [0.717, 1.165) is 6.54 Å². The standard InChI is InChI=1S/C12H20N2OS/c1-12(15,10-4-2-3-5-10)8-13-6-11-7-14-9-16-11/h7,9-10,13,15H,2-6,8H2,1H3. The molecule has 1 unspecified atom stereocenters. The first-order valence-electron chi connectivity index (χ1n) is 5.99. The van der Waals surface area contributed by atoms with Crippen LogP contribution in [0.15, 0.2) is 11.7 Å². The van der Waals surface area contributed by atoms with Gasteiger partial charge in [-0.15, -0.1) is 11.3 Å². The summed E-state index contributed by atoms with van der Waals surface area (Å²) < 4.78 is 0. The number of nitrogens with one attached hydrogen (secondary N) is 1. The molecule has 1 heterocycles. The summed E-state index contributed by atoms with van der Waals surface area (Å²) in [5.41, 5.74) is 1.29. The lowest BCUT2D eigenvalue weighted by Crippen LogP contribution is -2.43. The molecule has 1 aromatic rings. The van der Waals surface area contributed by atoms with Crippen LogP contribution < -0.4 is 5.32 Å². The molecule has 0 saturated heterocycles. The van der Waals surface area contributed by atoms with E-state index in [0.29, 0.717) is 12.5 Å². The number of rotatable bonds is 5. The molecule has 0 bridgehead atoms. The van der Waals surface area contributed by atoms with Gasteiger partial charge in [0.25, 0.3) is 0 Å². The predicted octanol–water partition coefficient (Wildman–Crippen LogP) is 2.17. The van der Waals surface area contributed by atoms with Crippen LogP contribution in [0.2, 0.25) is 0 Å². The second-order valence-corrected chi connectivity index (χ2v) is 5.88. The maximum absolute atomic E-state index is 10.4. The summed E-state index contributed by atoms with van der Waals surface area (Å²) in [5.74, 6) is 0.474. The lowest BCUT2D eigenvalue weighted by atomic mass is 9.88. The van der Waals surface area contributed by atoms with Crippen LogP contribution in [0.25, 0.3) is 0 Å². The first kappa shape index (κ1) is 12.0. The lowest BCUT2D eigenvalue weighted by molar-refractivity contribution is 0.00221. The van der Waals surface area contributed by atoms with Crippen molar-refractivity contribution in [3.05, 3.63) is 16.6 Å². The topological polar surface area (TPSA) is 45.1 Å². The molecule has 4 heteroatoms. The summed E-state index contributed by atoms with van der Waals surface area (Å²) >= 11 is 1.65. The average molecular weight is 240 g/mol. The highest BCUT2D eigenvalue weighted by molar-refractivity contribution is 7.09. The van der Waals surface area contributed by atoms with Crippen LogP contribution in [0.4, 0.5) is 0 Å². The van der Waals surface area contributed by atoms with Gasteiger partial charge in [-0.2, -0.15) is 0 Å². The van der Waals surface area contributed by atoms with Gasteiger partial charge in [0.05, 0.1) is 11.1 Å². The van der Waals surface area contributed by atoms with Gasteiger partial charge in [-0.1, -0.05) is 12.8 Å². The van der Waals surface area contributed by atoms with Crippen molar-refractivity contribution in [1.29, 1.82) is 0 Å². The van der Waals surface area contributed by atoms with Gasteiger partial charge in [0.2, 0.25) is 0 Å². The summed E-state index contributed by atoms with van der Waals surface area (Å²) in [6, 6.07) is 0. The molecular formula is C12H20N2OS. The number of nitrogens with zero attached hydrogens (tertiary/aromatic N) is 1. The molecule has 1 aliphatic rings. The first-order chi connectivity index (χ1) is 7.68. The van der Waals surface area contributed by atoms with Gasteiger partial charge in [-0.3, -0.25) is 4.98 Å². The minimum absolute atomic E-state index is 0.474. The van der Waals surface area contributed by atoms with E-state index in [1.165, 1.54) is 30.6 Å². The van der Waals surface area contributed by atoms with Crippen molar-refractivity contribution < 1.29 is 5.11 Å². The third-order valence-corrected chi connectivity index (χ3v) is 4.28. The number of hydrogen-bond donors (Lipinski definition) is 2. The SMILES string of the molecule is CC(O)(CNCc1cncs1)C1CCCC1. The smallest absolute Gasteiger partial charge is 0.0794 e. The molecule has 90 valence electrons. The van der Waals surface area contributed by atoms with Crippen molar-refractivity contribution in [3.8, 4) is 0 Å². The minimum atomic E-state index is -0.554. The lowest BCUT2D eigenvalue weighted by Gasteiger charge is -2.30. The predicted molar refractivity (Wildman–Crippen MR) is 66.4 cm³/mol. The van der Waals surface area contributed by atoms with E-state index in [1.54, 1.807) is 11.3 Å². The molecule has 1 aromatic heterocycles. The molecule has 0 radical (unpaired) electrons. The molecule has 0 amide bonds. The maximum atomic E-state index is 10.4. The Kier molecular flexibility index (Phi) is 3.95. The van der Waals surface area contributed by atoms with Gasteiger partial charge >= 0.3 is 0 Å². The molecule has 0 aromatic carbocycles. The molecule has 1 atom stereocenters. The van der Waals surface area contributed by atoms with E-state index in [-0.39, 0.29) is 0 Å². The summed E-state index contributed by atoms with van der Waals surface area (Å²) in [5, 5.41) is 13.7. The fourth-order valence-electron chi connectivity index (χ4n) is 2.46. The first-order valence-corrected chi connectivity index (χ1v) is 6.87. The van der Waals surface area contributed by atoms with Gasteiger partial charge in [0.15, 0.2) is 0 Å². The van der Waals surface area contributed by atoms with Crippen LogP contribution in [0.5, 0.6) is 0 Å². The number of thiazole rings is 1. The fraction of sp³-hybridized carbons (Fsp3) is 0.750. The molecule has 2 N–H and O–H groups in total. The van der Waals surface area contributed by atoms with Crippen molar-refractivity contribution in [3.63, 3.8) is 0 Å². The van der Waals surface area contributed by atoms with Gasteiger partial charge < -0.3 is 10.4 Å². The van der Waals surface area contributed by atoms with Crippen molar-refractivity contribution >= 4 is 11.3 Å². The van der Waals surface area contributed by atoms with Gasteiger partial charge in [0, 0.05) is 24.2 Å². The van der Waals surface area contributed by atoms with Gasteiger partial charge in [-0.05, 0) is 25.7 Å². The summed E-state index contributed by atoms with van der Waals surface area (Å²) in [4.78, 5) is 5.26. The van der Waals surface area contributed by atoms with Crippen LogP contribution in [-0.2, 0) is 6.54 Å². The zero-order valence-corrected chi connectivity index (χ0v) is 10.6. The fourth-order valence-corrected chi connectivity index (χ4v) is 3.02. The van der Waals surface area contributed by atoms with Crippen molar-refractivity contribution in [2.45, 2.75) is 44.8 Å². The third-order valence-electron chi connectivity index (χ3n) is 3.50. The maximum Gasteiger partial charge on any atom is 0.0794 e. The summed E-state index contributed by atoms with van der Waals surface area (Å²) in [7, 11) is 0. The normalized spacial score (nSPS) is 21.1. The zero-order valence-electron chi connectivity index (χ0n) is 9.78. The molecule has 1 fully saturated rings. The summed E-state index contributed by atoms with van der Waals surface area (Å²) in [6.07, 6.45) is 6.78. The largest absolute Gasteiger partial charge is 0.389 e. The molecule has 1 aliphatic carbocycles. The molecule has 16 heavy (non-hydrogen) atoms. The minimum Gasteiger partial charge on any atom is -0.389 e. The highest BCUT2D eigenvalue weighted by Crippen LogP contribution is 2.33. The second kappa shape index (κ2) is 5.25. The van der Waals surface area contributed by atoms with Crippen LogP contribution in [-0.4, -0.2) is 22.2 Å². The van der Waals surface area contributed by atoms with Gasteiger partial charge in [0.1, 0.15) is 0 Å². The Morgan fingerprint density at radius 1 is 1.56 bits per heavy atom. The highest BCUT2D eigenvalue weighted by atomic mass is 32.1. The quantitative estimate of drug-likeness (QED) is 0.829. The van der Waals surface area contributed by atoms with E-state index < -0.39 is 5.60 Å². The second-order valence-electron chi connectivity index (χ2n) is 4.91. The van der Waals surface area contributed by atoms with Crippen LogP contribution >= 0.6 is 11.3 Å². The Morgan fingerprint density at radius 3 is 2.94 bits per heavy atom. The average Bonchev–Trinajstić information content (AvgIpc) is 2.90. The number of aliphatic hydroxyl groups is 1. The van der Waals surface area contributed by atoms with E-state index in [4.69, 9.17) is 0 Å². The molecular weight excluding hydrogens is 220 g/mol. The molecule has 0 spiro atoms. The Bertz CT molecular complexity index is 305. The van der Waals surface area contributed by atoms with Crippen LogP contribution in [0, 0.1) is 5.92 Å². The number of aromatic nitrogens is 1. The molecule has 2 rings (SSSR count). The molecule has 3 nitrogen and oxygen atoms in total. The Labute approximate surface area is 101 Å². The van der Waals surface area contributed by atoms with Crippen molar-refractivity contribution in [1.82, 2.24) is 10.3 Å². The van der Waals surface area contributed by atoms with E-state index in [2.05, 4.69) is 10.3 Å². The van der Waals surface area contributed by atoms with E-state index >= 15 is 0 Å². The molecule has 0 aliphatic heterocycles. The highest BCUT2D eigenvalue weighted by Gasteiger charge is 2.33. The Morgan fingerprint density at radius 2 is 2.31 bits per heavy atom. The van der Waals surface area contributed by atoms with Crippen LogP contribution in [0.1, 0.15) is 37.5 Å². The van der Waals surface area contributed by atoms with Gasteiger partial charge in [-0.25, -0.2) is 0 Å². The van der Waals surface area contributed by atoms with Crippen LogP contribution in [0.3, 0.4) is 0 Å². The molecule has 1 saturated carbocycles. The Balaban J connectivity index is 1.75. The van der Waals surface area contributed by atoms with E-state index in [1.807, 2.05) is 18.6 Å². The van der Waals surface area contributed by atoms with Crippen molar-refractivity contribution in [2.75, 3.05) is 6.54 Å². The summed E-state index contributed by atoms with van der Waals surface area (Å²) in [6.45, 7) is 3.45. The van der Waals surface area contributed by atoms with E-state index in [9.17, 15) is 5.11 Å². The third kappa shape index (κ3) is 3.03. The zero-order chi connectivity index (χ0) is 11.4. The number of hydrogen-bond acceptors (Lipinski definition) is 4. The van der Waals surface area contributed by atoms with Crippen molar-refractivity contribution in [2.24, 2.45) is 5.92 Å². The monoisotopic (exact) mass is 240 g/mol. The Hall–Kier alpha value is -0.450.